The molecule has 0 spiro atoms. The fourth-order valence-electron chi connectivity index (χ4n) is 2.28. The summed E-state index contributed by atoms with van der Waals surface area (Å²) < 4.78 is 0. The average Bonchev–Trinajstić information content (AvgIpc) is 2.46. The Morgan fingerprint density at radius 1 is 1.05 bits per heavy atom. The molecule has 0 fully saturated rings. The molecule has 0 radical (unpaired) electrons. The van der Waals surface area contributed by atoms with Crippen molar-refractivity contribution < 1.29 is 4.92 Å². The lowest BCUT2D eigenvalue weighted by molar-refractivity contribution is -0.385. The average molecular weight is 278 g/mol. The number of nitrogens with one attached hydrogen (secondary N) is 1. The summed E-state index contributed by atoms with van der Waals surface area (Å²) >= 11 is 0. The molecule has 1 aromatic carbocycles. The van der Waals surface area contributed by atoms with Crippen molar-refractivity contribution >= 4 is 5.69 Å². The van der Waals surface area contributed by atoms with Crippen LogP contribution in [0.15, 0.2) is 24.3 Å². The molecule has 0 heterocycles. The Morgan fingerprint density at radius 2 is 1.75 bits per heavy atom. The van der Waals surface area contributed by atoms with E-state index in [0.29, 0.717) is 6.42 Å². The van der Waals surface area contributed by atoms with Gasteiger partial charge in [-0.2, -0.15) is 0 Å². The molecule has 0 aliphatic rings. The SMILES string of the molecule is CCCCCCCCNCCc1ccccc1[N+](=O)[O-]. The molecule has 20 heavy (non-hydrogen) atoms. The Morgan fingerprint density at radius 3 is 2.50 bits per heavy atom. The third-order valence-electron chi connectivity index (χ3n) is 3.47. The van der Waals surface area contributed by atoms with E-state index in [4.69, 9.17) is 0 Å². The van der Waals surface area contributed by atoms with Crippen LogP contribution in [0.5, 0.6) is 0 Å². The molecule has 1 aromatic rings. The predicted molar refractivity (Wildman–Crippen MR) is 83.0 cm³/mol. The first kappa shape index (κ1) is 16.6. The van der Waals surface area contributed by atoms with Gasteiger partial charge in [-0.1, -0.05) is 57.2 Å². The molecule has 0 atom stereocenters. The molecule has 0 unspecified atom stereocenters. The molecule has 0 bridgehead atoms. The number of nitro groups is 1. The van der Waals surface area contributed by atoms with E-state index in [1.165, 1.54) is 38.5 Å². The normalized spacial score (nSPS) is 10.7. The van der Waals surface area contributed by atoms with Gasteiger partial charge in [0.2, 0.25) is 0 Å². The fraction of sp³-hybridized carbons (Fsp3) is 0.625. The predicted octanol–water partition coefficient (Wildman–Crippen LogP) is 4.09. The van der Waals surface area contributed by atoms with Crippen LogP contribution < -0.4 is 5.32 Å². The van der Waals surface area contributed by atoms with Gasteiger partial charge >= 0.3 is 0 Å². The maximum absolute atomic E-state index is 10.9. The van der Waals surface area contributed by atoms with Gasteiger partial charge in [-0.3, -0.25) is 10.1 Å². The summed E-state index contributed by atoms with van der Waals surface area (Å²) in [6.07, 6.45) is 8.47. The monoisotopic (exact) mass is 278 g/mol. The molecular weight excluding hydrogens is 252 g/mol. The molecule has 0 amide bonds. The summed E-state index contributed by atoms with van der Waals surface area (Å²) in [7, 11) is 0. The van der Waals surface area contributed by atoms with Crippen LogP contribution in [0.25, 0.3) is 0 Å². The lowest BCUT2D eigenvalue weighted by atomic mass is 10.1. The van der Waals surface area contributed by atoms with Gasteiger partial charge in [-0.05, 0) is 25.9 Å². The molecule has 4 heteroatoms. The minimum absolute atomic E-state index is 0.230. The van der Waals surface area contributed by atoms with Crippen molar-refractivity contribution in [3.8, 4) is 0 Å². The number of hydrogen-bond acceptors (Lipinski definition) is 3. The zero-order valence-electron chi connectivity index (χ0n) is 12.4. The van der Waals surface area contributed by atoms with Gasteiger partial charge in [-0.25, -0.2) is 0 Å². The van der Waals surface area contributed by atoms with Gasteiger partial charge in [0, 0.05) is 11.6 Å². The molecule has 4 nitrogen and oxygen atoms in total. The summed E-state index contributed by atoms with van der Waals surface area (Å²) in [5, 5.41) is 14.2. The van der Waals surface area contributed by atoms with Gasteiger partial charge in [0.05, 0.1) is 4.92 Å². The minimum Gasteiger partial charge on any atom is -0.316 e. The Balaban J connectivity index is 2.11. The van der Waals surface area contributed by atoms with E-state index < -0.39 is 0 Å². The number of unbranched alkanes of at least 4 members (excludes halogenated alkanes) is 5. The number of benzene rings is 1. The van der Waals surface area contributed by atoms with Crippen molar-refractivity contribution in [1.29, 1.82) is 0 Å². The number of hydrogen-bond donors (Lipinski definition) is 1. The van der Waals surface area contributed by atoms with Gasteiger partial charge in [-0.15, -0.1) is 0 Å². The van der Waals surface area contributed by atoms with Crippen molar-refractivity contribution in [3.05, 3.63) is 39.9 Å². The Kier molecular flexibility index (Phi) is 8.63. The molecule has 0 saturated carbocycles. The molecule has 0 aliphatic heterocycles. The molecule has 0 aromatic heterocycles. The number of nitrogens with zero attached hydrogens (tertiary/aromatic N) is 1. The van der Waals surface area contributed by atoms with E-state index in [1.807, 2.05) is 12.1 Å². The minimum atomic E-state index is -0.303. The van der Waals surface area contributed by atoms with E-state index in [9.17, 15) is 10.1 Å². The highest BCUT2D eigenvalue weighted by Gasteiger charge is 2.10. The molecule has 112 valence electrons. The molecule has 1 N–H and O–H groups in total. The molecule has 0 saturated heterocycles. The second-order valence-corrected chi connectivity index (χ2v) is 5.15. The van der Waals surface area contributed by atoms with Crippen LogP contribution >= 0.6 is 0 Å². The van der Waals surface area contributed by atoms with Crippen molar-refractivity contribution in [1.82, 2.24) is 5.32 Å². The zero-order chi connectivity index (χ0) is 14.6. The van der Waals surface area contributed by atoms with Crippen molar-refractivity contribution in [3.63, 3.8) is 0 Å². The van der Waals surface area contributed by atoms with Crippen LogP contribution in [-0.4, -0.2) is 18.0 Å². The van der Waals surface area contributed by atoms with E-state index in [2.05, 4.69) is 12.2 Å². The second kappa shape index (κ2) is 10.4. The van der Waals surface area contributed by atoms with Gasteiger partial charge < -0.3 is 5.32 Å². The summed E-state index contributed by atoms with van der Waals surface area (Å²) in [6.45, 7) is 4.04. The van der Waals surface area contributed by atoms with Crippen molar-refractivity contribution in [2.75, 3.05) is 13.1 Å². The van der Waals surface area contributed by atoms with Crippen LogP contribution in [0.4, 0.5) is 5.69 Å². The first-order chi connectivity index (χ1) is 9.75. The third kappa shape index (κ3) is 6.66. The first-order valence-electron chi connectivity index (χ1n) is 7.68. The van der Waals surface area contributed by atoms with Crippen LogP contribution in [0.1, 0.15) is 51.0 Å². The van der Waals surface area contributed by atoms with Crippen LogP contribution in [0, 0.1) is 10.1 Å². The topological polar surface area (TPSA) is 55.2 Å². The smallest absolute Gasteiger partial charge is 0.272 e. The Labute approximate surface area is 121 Å². The quantitative estimate of drug-likeness (QED) is 0.377. The van der Waals surface area contributed by atoms with Gasteiger partial charge in [0.15, 0.2) is 0 Å². The fourth-order valence-corrected chi connectivity index (χ4v) is 2.28. The highest BCUT2D eigenvalue weighted by atomic mass is 16.6. The standard InChI is InChI=1S/C16H26N2O2/c1-2-3-4-5-6-9-13-17-14-12-15-10-7-8-11-16(15)18(19)20/h7-8,10-11,17H,2-6,9,12-14H2,1H3. The molecular formula is C16H26N2O2. The van der Waals surface area contributed by atoms with E-state index in [0.717, 1.165) is 18.7 Å². The maximum Gasteiger partial charge on any atom is 0.272 e. The Hall–Kier alpha value is -1.42. The number of nitro benzene ring substituents is 1. The van der Waals surface area contributed by atoms with E-state index in [-0.39, 0.29) is 10.6 Å². The molecule has 1 rings (SSSR count). The summed E-state index contributed by atoms with van der Waals surface area (Å²) in [5.41, 5.74) is 1.04. The summed E-state index contributed by atoms with van der Waals surface area (Å²) in [4.78, 5) is 10.6. The van der Waals surface area contributed by atoms with Crippen LogP contribution in [0.3, 0.4) is 0 Å². The van der Waals surface area contributed by atoms with E-state index in [1.54, 1.807) is 12.1 Å². The molecule has 0 aliphatic carbocycles. The zero-order valence-corrected chi connectivity index (χ0v) is 12.4. The van der Waals surface area contributed by atoms with Crippen molar-refractivity contribution in [2.45, 2.75) is 51.9 Å². The maximum atomic E-state index is 10.9. The lowest BCUT2D eigenvalue weighted by Crippen LogP contribution is -2.18. The van der Waals surface area contributed by atoms with Crippen LogP contribution in [0.2, 0.25) is 0 Å². The largest absolute Gasteiger partial charge is 0.316 e. The number of para-hydroxylation sites is 1. The van der Waals surface area contributed by atoms with Gasteiger partial charge in [0.25, 0.3) is 5.69 Å². The summed E-state index contributed by atoms with van der Waals surface area (Å²) in [5.74, 6) is 0. The van der Waals surface area contributed by atoms with E-state index >= 15 is 0 Å². The first-order valence-corrected chi connectivity index (χ1v) is 7.68. The number of rotatable bonds is 11. The lowest BCUT2D eigenvalue weighted by Gasteiger charge is -2.05. The highest BCUT2D eigenvalue weighted by molar-refractivity contribution is 5.39. The summed E-state index contributed by atoms with van der Waals surface area (Å²) in [6, 6.07) is 6.98. The Bertz CT molecular complexity index is 394. The second-order valence-electron chi connectivity index (χ2n) is 5.15. The van der Waals surface area contributed by atoms with Crippen molar-refractivity contribution in [2.24, 2.45) is 0 Å². The van der Waals surface area contributed by atoms with Crippen LogP contribution in [-0.2, 0) is 6.42 Å². The third-order valence-corrected chi connectivity index (χ3v) is 3.47. The van der Waals surface area contributed by atoms with Gasteiger partial charge in [0.1, 0.15) is 0 Å². The highest BCUT2D eigenvalue weighted by Crippen LogP contribution is 2.17.